The summed E-state index contributed by atoms with van der Waals surface area (Å²) in [6, 6.07) is 15.1. The molecule has 0 aliphatic heterocycles. The molecule has 0 bridgehead atoms. The fourth-order valence-electron chi connectivity index (χ4n) is 1.99. The van der Waals surface area contributed by atoms with Gasteiger partial charge in [-0.2, -0.15) is 0 Å². The predicted octanol–water partition coefficient (Wildman–Crippen LogP) is 2.27. The van der Waals surface area contributed by atoms with Gasteiger partial charge in [0.05, 0.1) is 6.04 Å². The first-order chi connectivity index (χ1) is 9.58. The summed E-state index contributed by atoms with van der Waals surface area (Å²) >= 11 is 0. The molecule has 0 heterocycles. The number of aromatic hydroxyl groups is 1. The molecular weight excluding hydrogens is 252 g/mol. The number of amides is 1. The van der Waals surface area contributed by atoms with Crippen LogP contribution < -0.4 is 11.1 Å². The predicted molar refractivity (Wildman–Crippen MR) is 78.0 cm³/mol. The Hall–Kier alpha value is -2.33. The van der Waals surface area contributed by atoms with Gasteiger partial charge in [0.2, 0.25) is 5.91 Å². The van der Waals surface area contributed by atoms with Crippen LogP contribution in [0.1, 0.15) is 30.1 Å². The lowest BCUT2D eigenvalue weighted by atomic mass is 10.0. The monoisotopic (exact) mass is 270 g/mol. The zero-order chi connectivity index (χ0) is 14.5. The Bertz CT molecular complexity index is 584. The van der Waals surface area contributed by atoms with E-state index in [2.05, 4.69) is 5.32 Å². The number of carbonyl (C=O) groups is 1. The minimum Gasteiger partial charge on any atom is -0.508 e. The van der Waals surface area contributed by atoms with Crippen LogP contribution in [0.15, 0.2) is 54.6 Å². The zero-order valence-electron chi connectivity index (χ0n) is 11.3. The highest BCUT2D eigenvalue weighted by atomic mass is 16.3. The van der Waals surface area contributed by atoms with Crippen molar-refractivity contribution in [1.82, 2.24) is 5.32 Å². The lowest BCUT2D eigenvalue weighted by Gasteiger charge is -2.18. The summed E-state index contributed by atoms with van der Waals surface area (Å²) in [5, 5.41) is 12.3. The van der Waals surface area contributed by atoms with Crippen LogP contribution in [0.5, 0.6) is 5.75 Å². The number of nitrogens with two attached hydrogens (primary N) is 1. The van der Waals surface area contributed by atoms with Gasteiger partial charge in [0.1, 0.15) is 11.8 Å². The van der Waals surface area contributed by atoms with E-state index in [1.165, 1.54) is 0 Å². The Morgan fingerprint density at radius 3 is 2.40 bits per heavy atom. The van der Waals surface area contributed by atoms with E-state index in [0.29, 0.717) is 0 Å². The Kier molecular flexibility index (Phi) is 4.38. The second-order valence-corrected chi connectivity index (χ2v) is 4.71. The van der Waals surface area contributed by atoms with Gasteiger partial charge < -0.3 is 16.2 Å². The van der Waals surface area contributed by atoms with Gasteiger partial charge in [-0.3, -0.25) is 4.79 Å². The quantitative estimate of drug-likeness (QED) is 0.797. The first-order valence-corrected chi connectivity index (χ1v) is 6.48. The van der Waals surface area contributed by atoms with Crippen molar-refractivity contribution < 1.29 is 9.90 Å². The molecule has 0 saturated carbocycles. The molecule has 2 atom stereocenters. The van der Waals surface area contributed by atoms with Gasteiger partial charge in [-0.05, 0) is 30.2 Å². The van der Waals surface area contributed by atoms with E-state index in [1.807, 2.05) is 43.3 Å². The van der Waals surface area contributed by atoms with E-state index in [1.54, 1.807) is 18.2 Å². The third-order valence-electron chi connectivity index (χ3n) is 3.17. The van der Waals surface area contributed by atoms with Crippen LogP contribution in [0.25, 0.3) is 0 Å². The van der Waals surface area contributed by atoms with Gasteiger partial charge in [-0.25, -0.2) is 0 Å². The van der Waals surface area contributed by atoms with Crippen LogP contribution in [-0.2, 0) is 4.79 Å². The maximum Gasteiger partial charge on any atom is 0.241 e. The highest BCUT2D eigenvalue weighted by Crippen LogP contribution is 2.19. The van der Waals surface area contributed by atoms with Crippen LogP contribution in [0.3, 0.4) is 0 Å². The van der Waals surface area contributed by atoms with Crippen molar-refractivity contribution >= 4 is 5.91 Å². The molecule has 104 valence electrons. The number of hydrogen-bond donors (Lipinski definition) is 3. The first kappa shape index (κ1) is 14.1. The second kappa shape index (κ2) is 6.21. The molecule has 4 nitrogen and oxygen atoms in total. The Labute approximate surface area is 118 Å². The minimum absolute atomic E-state index is 0.177. The van der Waals surface area contributed by atoms with E-state index >= 15 is 0 Å². The lowest BCUT2D eigenvalue weighted by molar-refractivity contribution is -0.123. The molecule has 0 aromatic heterocycles. The molecule has 4 N–H and O–H groups in total. The number of phenols is 1. The van der Waals surface area contributed by atoms with E-state index < -0.39 is 6.04 Å². The average molecular weight is 270 g/mol. The largest absolute Gasteiger partial charge is 0.508 e. The van der Waals surface area contributed by atoms with Crippen molar-refractivity contribution in [1.29, 1.82) is 0 Å². The van der Waals surface area contributed by atoms with Gasteiger partial charge in [0, 0.05) is 0 Å². The van der Waals surface area contributed by atoms with Gasteiger partial charge in [0.25, 0.3) is 0 Å². The number of benzene rings is 2. The highest BCUT2D eigenvalue weighted by molar-refractivity contribution is 5.83. The maximum absolute atomic E-state index is 12.1. The maximum atomic E-state index is 12.1. The van der Waals surface area contributed by atoms with Crippen molar-refractivity contribution in [2.45, 2.75) is 19.0 Å². The summed E-state index contributed by atoms with van der Waals surface area (Å²) in [6.07, 6.45) is 0. The molecule has 0 fully saturated rings. The summed E-state index contributed by atoms with van der Waals surface area (Å²) in [5.41, 5.74) is 7.54. The van der Waals surface area contributed by atoms with Crippen molar-refractivity contribution in [2.24, 2.45) is 5.73 Å². The number of rotatable bonds is 4. The number of nitrogens with one attached hydrogen (secondary N) is 1. The third-order valence-corrected chi connectivity index (χ3v) is 3.17. The minimum atomic E-state index is -0.698. The summed E-state index contributed by atoms with van der Waals surface area (Å²) in [5.74, 6) is -0.0667. The SMILES string of the molecule is CC(NC(=O)[C@@H](N)c1ccccc1)c1cccc(O)c1. The van der Waals surface area contributed by atoms with Crippen molar-refractivity contribution in [3.05, 3.63) is 65.7 Å². The average Bonchev–Trinajstić information content (AvgIpc) is 2.47. The summed E-state index contributed by atoms with van der Waals surface area (Å²) in [7, 11) is 0. The number of phenolic OH excluding ortho intramolecular Hbond substituents is 1. The summed E-state index contributed by atoms with van der Waals surface area (Å²) in [6.45, 7) is 1.85. The van der Waals surface area contributed by atoms with Gasteiger partial charge in [-0.1, -0.05) is 42.5 Å². The molecular formula is C16H18N2O2. The normalized spacial score (nSPS) is 13.5. The second-order valence-electron chi connectivity index (χ2n) is 4.71. The van der Waals surface area contributed by atoms with Crippen molar-refractivity contribution in [2.75, 3.05) is 0 Å². The topological polar surface area (TPSA) is 75.4 Å². The highest BCUT2D eigenvalue weighted by Gasteiger charge is 2.18. The number of hydrogen-bond acceptors (Lipinski definition) is 3. The van der Waals surface area contributed by atoms with Crippen LogP contribution in [0.4, 0.5) is 0 Å². The molecule has 0 aliphatic carbocycles. The summed E-state index contributed by atoms with van der Waals surface area (Å²) < 4.78 is 0. The molecule has 1 unspecified atom stereocenters. The molecule has 20 heavy (non-hydrogen) atoms. The van der Waals surface area contributed by atoms with Crippen molar-refractivity contribution in [3.63, 3.8) is 0 Å². The van der Waals surface area contributed by atoms with Crippen LogP contribution in [0, 0.1) is 0 Å². The lowest BCUT2D eigenvalue weighted by Crippen LogP contribution is -2.35. The van der Waals surface area contributed by atoms with E-state index in [9.17, 15) is 9.90 Å². The molecule has 0 saturated heterocycles. The zero-order valence-corrected chi connectivity index (χ0v) is 11.3. The van der Waals surface area contributed by atoms with Gasteiger partial charge in [-0.15, -0.1) is 0 Å². The smallest absolute Gasteiger partial charge is 0.241 e. The Morgan fingerprint density at radius 2 is 1.75 bits per heavy atom. The van der Waals surface area contributed by atoms with E-state index in [4.69, 9.17) is 5.73 Å². The molecule has 2 rings (SSSR count). The van der Waals surface area contributed by atoms with E-state index in [0.717, 1.165) is 11.1 Å². The molecule has 0 spiro atoms. The molecule has 1 amide bonds. The Morgan fingerprint density at radius 1 is 1.10 bits per heavy atom. The summed E-state index contributed by atoms with van der Waals surface area (Å²) in [4.78, 5) is 12.1. The van der Waals surface area contributed by atoms with Crippen LogP contribution in [-0.4, -0.2) is 11.0 Å². The first-order valence-electron chi connectivity index (χ1n) is 6.48. The fraction of sp³-hybridized carbons (Fsp3) is 0.188. The number of carbonyl (C=O) groups excluding carboxylic acids is 1. The molecule has 4 heteroatoms. The van der Waals surface area contributed by atoms with Gasteiger partial charge in [0.15, 0.2) is 0 Å². The molecule has 2 aromatic carbocycles. The molecule has 2 aromatic rings. The van der Waals surface area contributed by atoms with E-state index in [-0.39, 0.29) is 17.7 Å². The molecule has 0 aliphatic rings. The molecule has 0 radical (unpaired) electrons. The third kappa shape index (κ3) is 3.36. The standard InChI is InChI=1S/C16H18N2O2/c1-11(13-8-5-9-14(19)10-13)18-16(20)15(17)12-6-3-2-4-7-12/h2-11,15,19H,17H2,1H3,(H,18,20)/t11?,15-/m0/s1. The van der Waals surface area contributed by atoms with Crippen molar-refractivity contribution in [3.8, 4) is 5.75 Å². The van der Waals surface area contributed by atoms with Gasteiger partial charge >= 0.3 is 0 Å². The van der Waals surface area contributed by atoms with Crippen LogP contribution >= 0.6 is 0 Å². The fourth-order valence-corrected chi connectivity index (χ4v) is 1.99. The Balaban J connectivity index is 2.04. The van der Waals surface area contributed by atoms with Crippen LogP contribution in [0.2, 0.25) is 0 Å².